The van der Waals surface area contributed by atoms with E-state index >= 15 is 0 Å². The molecule has 40 heavy (non-hydrogen) atoms. The molecule has 3 fully saturated rings. The summed E-state index contributed by atoms with van der Waals surface area (Å²) in [6.45, 7) is 3.92. The van der Waals surface area contributed by atoms with E-state index < -0.39 is 12.1 Å². The predicted octanol–water partition coefficient (Wildman–Crippen LogP) is 4.82. The van der Waals surface area contributed by atoms with Crippen molar-refractivity contribution >= 4 is 11.6 Å². The monoisotopic (exact) mass is 544 g/mol. The van der Waals surface area contributed by atoms with E-state index in [2.05, 4.69) is 10.2 Å². The molecule has 3 aliphatic heterocycles. The van der Waals surface area contributed by atoms with Crippen LogP contribution in [0.2, 0.25) is 0 Å². The van der Waals surface area contributed by atoms with Crippen LogP contribution in [0.25, 0.3) is 0 Å². The topological polar surface area (TPSA) is 89.5 Å². The van der Waals surface area contributed by atoms with Gasteiger partial charge in [-0.2, -0.15) is 0 Å². The summed E-state index contributed by atoms with van der Waals surface area (Å²) in [5.74, 6) is -0.571. The number of nitrogens with zero attached hydrogens (tertiary/aromatic N) is 1. The molecule has 3 aromatic rings. The van der Waals surface area contributed by atoms with Crippen LogP contribution in [0.4, 0.5) is 5.69 Å². The van der Waals surface area contributed by atoms with Gasteiger partial charge in [0, 0.05) is 55.7 Å². The van der Waals surface area contributed by atoms with Crippen molar-refractivity contribution in [2.24, 2.45) is 0 Å². The number of piperidine rings is 1. The van der Waals surface area contributed by atoms with E-state index in [-0.39, 0.29) is 24.7 Å². The van der Waals surface area contributed by atoms with Crippen molar-refractivity contribution in [2.75, 3.05) is 38.2 Å². The summed E-state index contributed by atoms with van der Waals surface area (Å²) in [6, 6.07) is 24.7. The number of likely N-dealkylation sites (tertiary alicyclic amines) is 1. The Kier molecular flexibility index (Phi) is 8.25. The zero-order valence-corrected chi connectivity index (χ0v) is 22.5. The molecule has 2 N–H and O–H groups in total. The number of rotatable bonds is 7. The SMILES string of the molecule is O=C(Nc1cccc([C@H]2O[C@@H](CN3CCC4(CC3)OCCO4)C[C@@H](c3ccc(CO)cc3)O2)c1)c1ccccc1. The van der Waals surface area contributed by atoms with Crippen LogP contribution in [-0.4, -0.2) is 60.7 Å². The minimum Gasteiger partial charge on any atom is -0.392 e. The van der Waals surface area contributed by atoms with Crippen LogP contribution in [0.1, 0.15) is 58.7 Å². The fourth-order valence-corrected chi connectivity index (χ4v) is 5.74. The van der Waals surface area contributed by atoms with Gasteiger partial charge in [0.15, 0.2) is 12.1 Å². The highest BCUT2D eigenvalue weighted by Crippen LogP contribution is 2.39. The molecule has 3 saturated heterocycles. The zero-order valence-electron chi connectivity index (χ0n) is 22.5. The van der Waals surface area contributed by atoms with Crippen LogP contribution < -0.4 is 5.32 Å². The summed E-state index contributed by atoms with van der Waals surface area (Å²) in [5.41, 5.74) is 4.04. The van der Waals surface area contributed by atoms with Gasteiger partial charge < -0.3 is 34.3 Å². The lowest BCUT2D eigenvalue weighted by atomic mass is 9.98. The van der Waals surface area contributed by atoms with E-state index in [1.807, 2.05) is 66.7 Å². The van der Waals surface area contributed by atoms with Crippen molar-refractivity contribution in [3.8, 4) is 0 Å². The highest BCUT2D eigenvalue weighted by Gasteiger charge is 2.41. The molecular weight excluding hydrogens is 508 g/mol. The van der Waals surface area contributed by atoms with Gasteiger partial charge in [0.05, 0.1) is 32.0 Å². The lowest BCUT2D eigenvalue weighted by Gasteiger charge is -2.41. The third-order valence-electron chi connectivity index (χ3n) is 7.96. The average molecular weight is 545 g/mol. The smallest absolute Gasteiger partial charge is 0.255 e. The van der Waals surface area contributed by atoms with Crippen molar-refractivity contribution in [1.29, 1.82) is 0 Å². The van der Waals surface area contributed by atoms with E-state index in [0.29, 0.717) is 30.9 Å². The van der Waals surface area contributed by atoms with Crippen LogP contribution in [0.5, 0.6) is 0 Å². The minimum atomic E-state index is -0.590. The Bertz CT molecular complexity index is 1270. The van der Waals surface area contributed by atoms with Gasteiger partial charge in [-0.15, -0.1) is 0 Å². The normalized spacial score (nSPS) is 24.7. The summed E-state index contributed by atoms with van der Waals surface area (Å²) in [4.78, 5) is 15.2. The van der Waals surface area contributed by atoms with E-state index in [9.17, 15) is 9.90 Å². The van der Waals surface area contributed by atoms with Crippen LogP contribution >= 0.6 is 0 Å². The van der Waals surface area contributed by atoms with Crippen molar-refractivity contribution in [1.82, 2.24) is 4.90 Å². The van der Waals surface area contributed by atoms with Crippen LogP contribution in [0.3, 0.4) is 0 Å². The Labute approximate surface area is 234 Å². The van der Waals surface area contributed by atoms with E-state index in [1.54, 1.807) is 12.1 Å². The summed E-state index contributed by atoms with van der Waals surface area (Å²) >= 11 is 0. The lowest BCUT2D eigenvalue weighted by Crippen LogP contribution is -2.48. The molecule has 6 rings (SSSR count). The number of hydrogen-bond donors (Lipinski definition) is 2. The molecule has 3 atom stereocenters. The lowest BCUT2D eigenvalue weighted by molar-refractivity contribution is -0.255. The van der Waals surface area contributed by atoms with Crippen molar-refractivity contribution < 1.29 is 28.8 Å². The number of anilines is 1. The molecule has 3 aliphatic rings. The van der Waals surface area contributed by atoms with Gasteiger partial charge in [0.1, 0.15) is 0 Å². The molecule has 0 saturated carbocycles. The first-order chi connectivity index (χ1) is 19.6. The number of aliphatic hydroxyl groups is 1. The molecule has 1 spiro atoms. The Balaban J connectivity index is 1.18. The zero-order chi connectivity index (χ0) is 27.4. The number of amides is 1. The third kappa shape index (κ3) is 6.28. The molecule has 8 nitrogen and oxygen atoms in total. The van der Waals surface area contributed by atoms with Gasteiger partial charge in [0.2, 0.25) is 0 Å². The quantitative estimate of drug-likeness (QED) is 0.441. The second kappa shape index (κ2) is 12.2. The van der Waals surface area contributed by atoms with Gasteiger partial charge in [-0.1, -0.05) is 54.6 Å². The second-order valence-corrected chi connectivity index (χ2v) is 10.7. The number of carbonyl (C=O) groups is 1. The first-order valence-electron chi connectivity index (χ1n) is 14.1. The molecule has 0 aromatic heterocycles. The Morgan fingerprint density at radius 2 is 1.65 bits per heavy atom. The molecule has 0 aliphatic carbocycles. The summed E-state index contributed by atoms with van der Waals surface area (Å²) in [7, 11) is 0. The maximum absolute atomic E-state index is 12.7. The van der Waals surface area contributed by atoms with Crippen LogP contribution in [0, 0.1) is 0 Å². The van der Waals surface area contributed by atoms with Crippen molar-refractivity contribution in [3.63, 3.8) is 0 Å². The summed E-state index contributed by atoms with van der Waals surface area (Å²) < 4.78 is 24.9. The second-order valence-electron chi connectivity index (χ2n) is 10.7. The fourth-order valence-electron chi connectivity index (χ4n) is 5.74. The Hall–Kier alpha value is -3.11. The number of carbonyl (C=O) groups excluding carboxylic acids is 1. The fraction of sp³-hybridized carbons (Fsp3) is 0.406. The number of benzene rings is 3. The molecule has 3 aromatic carbocycles. The first-order valence-corrected chi connectivity index (χ1v) is 14.1. The van der Waals surface area contributed by atoms with Gasteiger partial charge >= 0.3 is 0 Å². The third-order valence-corrected chi connectivity index (χ3v) is 7.96. The van der Waals surface area contributed by atoms with Crippen LogP contribution in [-0.2, 0) is 25.6 Å². The number of nitrogens with one attached hydrogen (secondary N) is 1. The van der Waals surface area contributed by atoms with E-state index in [1.165, 1.54) is 0 Å². The highest BCUT2D eigenvalue weighted by atomic mass is 16.7. The van der Waals surface area contributed by atoms with Gasteiger partial charge in [-0.25, -0.2) is 0 Å². The highest BCUT2D eigenvalue weighted by molar-refractivity contribution is 6.04. The van der Waals surface area contributed by atoms with Gasteiger partial charge in [-0.05, 0) is 35.4 Å². The summed E-state index contributed by atoms with van der Waals surface area (Å²) in [6.07, 6.45) is 1.62. The van der Waals surface area contributed by atoms with E-state index in [4.69, 9.17) is 18.9 Å². The maximum atomic E-state index is 12.7. The molecule has 210 valence electrons. The molecule has 0 bridgehead atoms. The molecule has 3 heterocycles. The average Bonchev–Trinajstić information content (AvgIpc) is 3.47. The van der Waals surface area contributed by atoms with Gasteiger partial charge in [0.25, 0.3) is 5.91 Å². The number of hydrogen-bond acceptors (Lipinski definition) is 7. The molecule has 0 radical (unpaired) electrons. The van der Waals surface area contributed by atoms with Crippen molar-refractivity contribution in [2.45, 2.75) is 50.2 Å². The predicted molar refractivity (Wildman–Crippen MR) is 150 cm³/mol. The molecular formula is C32H36N2O6. The maximum Gasteiger partial charge on any atom is 0.255 e. The van der Waals surface area contributed by atoms with E-state index in [0.717, 1.165) is 49.2 Å². The molecule has 0 unspecified atom stereocenters. The molecule has 1 amide bonds. The van der Waals surface area contributed by atoms with Crippen LogP contribution in [0.15, 0.2) is 78.9 Å². The minimum absolute atomic E-state index is 0.00549. The van der Waals surface area contributed by atoms with Gasteiger partial charge in [-0.3, -0.25) is 4.79 Å². The molecule has 8 heteroatoms. The summed E-state index contributed by atoms with van der Waals surface area (Å²) in [5, 5.41) is 12.5. The van der Waals surface area contributed by atoms with Crippen molar-refractivity contribution in [3.05, 3.63) is 101 Å². The first kappa shape index (κ1) is 27.1. The Morgan fingerprint density at radius 3 is 2.38 bits per heavy atom. The number of ether oxygens (including phenoxy) is 4. The largest absolute Gasteiger partial charge is 0.392 e. The standard InChI is InChI=1S/C32H36N2O6/c35-22-23-9-11-24(12-10-23)29-20-28(21-34-15-13-32(14-16-34)37-17-18-38-32)39-31(40-29)26-7-4-8-27(19-26)33-30(36)25-5-2-1-3-6-25/h1-12,19,28-29,31,35H,13-18,20-22H2,(H,33,36)/t28-,29+,31+/m1/s1. The Morgan fingerprint density at radius 1 is 0.900 bits per heavy atom. The number of aliphatic hydroxyl groups excluding tert-OH is 1.